The molecule has 2 aliphatic heterocycles. The summed E-state index contributed by atoms with van der Waals surface area (Å²) in [4.78, 5) is 17.2. The molecule has 3 rings (SSSR count). The van der Waals surface area contributed by atoms with Crippen molar-refractivity contribution in [2.75, 3.05) is 40.4 Å². The highest BCUT2D eigenvalue weighted by Gasteiger charge is 2.29. The van der Waals surface area contributed by atoms with Crippen LogP contribution >= 0.6 is 0 Å². The normalized spacial score (nSPS) is 21.2. The van der Waals surface area contributed by atoms with Crippen LogP contribution in [0.15, 0.2) is 24.3 Å². The Morgan fingerprint density at radius 2 is 1.88 bits per heavy atom. The zero-order valence-electron chi connectivity index (χ0n) is 15.2. The van der Waals surface area contributed by atoms with Gasteiger partial charge in [-0.3, -0.25) is 4.79 Å². The van der Waals surface area contributed by atoms with Gasteiger partial charge < -0.3 is 19.3 Å². The number of nitrogens with zero attached hydrogens (tertiary/aromatic N) is 2. The van der Waals surface area contributed by atoms with Crippen LogP contribution in [0, 0.1) is 0 Å². The number of benzene rings is 1. The average Bonchev–Trinajstić information content (AvgIpc) is 3.31. The summed E-state index contributed by atoms with van der Waals surface area (Å²) in [5, 5.41) is 0. The Balaban J connectivity index is 1.63. The second-order valence-electron chi connectivity index (χ2n) is 6.78. The molecule has 1 amide bonds. The van der Waals surface area contributed by atoms with Crippen LogP contribution in [0.5, 0.6) is 11.5 Å². The molecular formula is C20H28N2O3. The van der Waals surface area contributed by atoms with E-state index < -0.39 is 0 Å². The first-order valence-electron chi connectivity index (χ1n) is 9.14. The number of ether oxygens (including phenoxy) is 2. The fourth-order valence-corrected chi connectivity index (χ4v) is 3.80. The Bertz CT molecular complexity index is 623. The van der Waals surface area contributed by atoms with Crippen LogP contribution in [-0.2, 0) is 4.79 Å². The quantitative estimate of drug-likeness (QED) is 0.744. The number of carbonyl (C=O) groups is 1. The van der Waals surface area contributed by atoms with Crippen molar-refractivity contribution in [3.63, 3.8) is 0 Å². The fourth-order valence-electron chi connectivity index (χ4n) is 3.80. The Morgan fingerprint density at radius 1 is 1.12 bits per heavy atom. The van der Waals surface area contributed by atoms with E-state index in [2.05, 4.69) is 4.90 Å². The lowest BCUT2D eigenvalue weighted by Gasteiger charge is -2.27. The minimum atomic E-state index is 0.108. The second-order valence-corrected chi connectivity index (χ2v) is 6.78. The van der Waals surface area contributed by atoms with Crippen molar-refractivity contribution >= 4 is 12.0 Å². The summed E-state index contributed by atoms with van der Waals surface area (Å²) in [5.74, 6) is 1.47. The molecule has 1 aromatic carbocycles. The summed E-state index contributed by atoms with van der Waals surface area (Å²) in [5.41, 5.74) is 0.932. The largest absolute Gasteiger partial charge is 0.493 e. The first-order valence-corrected chi connectivity index (χ1v) is 9.14. The molecule has 0 N–H and O–H groups in total. The van der Waals surface area contributed by atoms with Crippen LogP contribution in [-0.4, -0.2) is 62.1 Å². The van der Waals surface area contributed by atoms with Gasteiger partial charge in [-0.2, -0.15) is 0 Å². The summed E-state index contributed by atoms with van der Waals surface area (Å²) in [6.07, 6.45) is 8.35. The van der Waals surface area contributed by atoms with E-state index in [0.717, 1.165) is 31.5 Å². The fraction of sp³-hybridized carbons (Fsp3) is 0.550. The Morgan fingerprint density at radius 3 is 2.60 bits per heavy atom. The number of hydrogen-bond donors (Lipinski definition) is 0. The highest BCUT2D eigenvalue weighted by Crippen LogP contribution is 2.28. The van der Waals surface area contributed by atoms with Crippen LogP contribution in [0.1, 0.15) is 31.2 Å². The molecule has 2 saturated heterocycles. The van der Waals surface area contributed by atoms with E-state index in [0.29, 0.717) is 17.5 Å². The van der Waals surface area contributed by atoms with Gasteiger partial charge in [-0.15, -0.1) is 0 Å². The van der Waals surface area contributed by atoms with Gasteiger partial charge in [0.1, 0.15) is 0 Å². The molecule has 0 bridgehead atoms. The maximum atomic E-state index is 12.6. The van der Waals surface area contributed by atoms with Crippen molar-refractivity contribution in [2.24, 2.45) is 0 Å². The molecule has 2 aliphatic rings. The van der Waals surface area contributed by atoms with Gasteiger partial charge in [0.05, 0.1) is 14.2 Å². The zero-order chi connectivity index (χ0) is 17.6. The SMILES string of the molecule is COc1ccc(C=CC(=O)N2CCC[C@H]2CN2CCCC2)cc1OC. The van der Waals surface area contributed by atoms with Gasteiger partial charge in [0.2, 0.25) is 5.91 Å². The van der Waals surface area contributed by atoms with Gasteiger partial charge in [0.25, 0.3) is 0 Å². The summed E-state index contributed by atoms with van der Waals surface area (Å²) in [6.45, 7) is 4.25. The number of methoxy groups -OCH3 is 2. The molecule has 5 nitrogen and oxygen atoms in total. The first-order chi connectivity index (χ1) is 12.2. The summed E-state index contributed by atoms with van der Waals surface area (Å²) >= 11 is 0. The number of rotatable bonds is 6. The van der Waals surface area contributed by atoms with Gasteiger partial charge in [-0.1, -0.05) is 6.07 Å². The van der Waals surface area contributed by atoms with Crippen molar-refractivity contribution in [3.8, 4) is 11.5 Å². The van der Waals surface area contributed by atoms with Gasteiger partial charge >= 0.3 is 0 Å². The van der Waals surface area contributed by atoms with Gasteiger partial charge in [-0.25, -0.2) is 0 Å². The molecule has 1 aromatic rings. The van der Waals surface area contributed by atoms with Crippen molar-refractivity contribution < 1.29 is 14.3 Å². The predicted molar refractivity (Wildman–Crippen MR) is 99.0 cm³/mol. The molecule has 0 aliphatic carbocycles. The van der Waals surface area contributed by atoms with E-state index in [4.69, 9.17) is 9.47 Å². The third-order valence-electron chi connectivity index (χ3n) is 5.15. The molecule has 0 radical (unpaired) electrons. The van der Waals surface area contributed by atoms with Gasteiger partial charge in [0.15, 0.2) is 11.5 Å². The van der Waals surface area contributed by atoms with E-state index in [-0.39, 0.29) is 5.91 Å². The van der Waals surface area contributed by atoms with E-state index in [1.165, 1.54) is 25.9 Å². The molecule has 5 heteroatoms. The number of amides is 1. The summed E-state index contributed by atoms with van der Waals surface area (Å²) in [7, 11) is 3.23. The summed E-state index contributed by atoms with van der Waals surface area (Å²) < 4.78 is 10.6. The van der Waals surface area contributed by atoms with Gasteiger partial charge in [-0.05, 0) is 62.5 Å². The molecule has 1 atom stereocenters. The molecule has 0 aromatic heterocycles. The van der Waals surface area contributed by atoms with Gasteiger partial charge in [0, 0.05) is 25.2 Å². The molecule has 25 heavy (non-hydrogen) atoms. The monoisotopic (exact) mass is 344 g/mol. The molecule has 2 fully saturated rings. The zero-order valence-corrected chi connectivity index (χ0v) is 15.2. The van der Waals surface area contributed by atoms with Crippen LogP contribution in [0.25, 0.3) is 6.08 Å². The standard InChI is InChI=1S/C20H28N2O3/c1-24-18-9-7-16(14-19(18)25-2)8-10-20(23)22-13-5-6-17(22)15-21-11-3-4-12-21/h7-10,14,17H,3-6,11-13,15H2,1-2H3/t17-/m0/s1. The second kappa shape index (κ2) is 8.39. The number of hydrogen-bond acceptors (Lipinski definition) is 4. The lowest BCUT2D eigenvalue weighted by molar-refractivity contribution is -0.127. The molecule has 2 heterocycles. The van der Waals surface area contributed by atoms with Crippen LogP contribution in [0.3, 0.4) is 0 Å². The predicted octanol–water partition coefficient (Wildman–Crippen LogP) is 2.80. The van der Waals surface area contributed by atoms with Crippen molar-refractivity contribution in [1.29, 1.82) is 0 Å². The third-order valence-corrected chi connectivity index (χ3v) is 5.15. The van der Waals surface area contributed by atoms with E-state index >= 15 is 0 Å². The number of likely N-dealkylation sites (tertiary alicyclic amines) is 2. The summed E-state index contributed by atoms with van der Waals surface area (Å²) in [6, 6.07) is 6.03. The highest BCUT2D eigenvalue weighted by molar-refractivity contribution is 5.92. The van der Waals surface area contributed by atoms with E-state index in [1.54, 1.807) is 20.3 Å². The molecule has 0 unspecified atom stereocenters. The van der Waals surface area contributed by atoms with E-state index in [9.17, 15) is 4.79 Å². The van der Waals surface area contributed by atoms with Crippen molar-refractivity contribution in [3.05, 3.63) is 29.8 Å². The van der Waals surface area contributed by atoms with Crippen LogP contribution in [0.4, 0.5) is 0 Å². The topological polar surface area (TPSA) is 42.0 Å². The van der Waals surface area contributed by atoms with Crippen molar-refractivity contribution in [2.45, 2.75) is 31.7 Å². The minimum Gasteiger partial charge on any atom is -0.493 e. The lowest BCUT2D eigenvalue weighted by atomic mass is 10.1. The molecule has 0 spiro atoms. The third kappa shape index (κ3) is 4.34. The van der Waals surface area contributed by atoms with Crippen molar-refractivity contribution in [1.82, 2.24) is 9.80 Å². The van der Waals surface area contributed by atoms with Crippen LogP contribution in [0.2, 0.25) is 0 Å². The Kier molecular flexibility index (Phi) is 5.97. The molecular weight excluding hydrogens is 316 g/mol. The smallest absolute Gasteiger partial charge is 0.246 e. The maximum Gasteiger partial charge on any atom is 0.246 e. The average molecular weight is 344 g/mol. The first kappa shape index (κ1) is 17.8. The molecule has 0 saturated carbocycles. The Labute approximate surface area is 150 Å². The minimum absolute atomic E-state index is 0.108. The maximum absolute atomic E-state index is 12.6. The molecule has 136 valence electrons. The van der Waals surface area contributed by atoms with E-state index in [1.807, 2.05) is 29.2 Å². The highest BCUT2D eigenvalue weighted by atomic mass is 16.5. The lowest BCUT2D eigenvalue weighted by Crippen LogP contribution is -2.41. The van der Waals surface area contributed by atoms with Crippen LogP contribution < -0.4 is 9.47 Å². The number of carbonyl (C=O) groups excluding carboxylic acids is 1. The Hall–Kier alpha value is -2.01.